The Kier molecular flexibility index (Phi) is 4.20. The molecule has 0 fully saturated rings. The van der Waals surface area contributed by atoms with Crippen molar-refractivity contribution in [3.63, 3.8) is 0 Å². The summed E-state index contributed by atoms with van der Waals surface area (Å²) in [6.07, 6.45) is -4.83. The van der Waals surface area contributed by atoms with Crippen molar-refractivity contribution in [3.8, 4) is 11.4 Å². The first-order chi connectivity index (χ1) is 12.8. The molecule has 4 nitrogen and oxygen atoms in total. The van der Waals surface area contributed by atoms with Crippen LogP contribution in [-0.2, 0) is 0 Å². The first-order valence-electron chi connectivity index (χ1n) is 7.67. The second-order valence-electron chi connectivity index (χ2n) is 5.93. The van der Waals surface area contributed by atoms with Crippen molar-refractivity contribution in [2.24, 2.45) is 5.16 Å². The summed E-state index contributed by atoms with van der Waals surface area (Å²) in [7, 11) is 0. The van der Waals surface area contributed by atoms with Crippen LogP contribution in [0.3, 0.4) is 0 Å². The number of alkyl halides is 3. The number of hydrogen-bond donors (Lipinski definition) is 3. The van der Waals surface area contributed by atoms with Crippen LogP contribution in [0.2, 0.25) is 5.02 Å². The summed E-state index contributed by atoms with van der Waals surface area (Å²) in [5, 5.41) is 13.2. The lowest BCUT2D eigenvalue weighted by Gasteiger charge is -2.10. The summed E-state index contributed by atoms with van der Waals surface area (Å²) in [6.45, 7) is 0. The summed E-state index contributed by atoms with van der Waals surface area (Å²) < 4.78 is 41.2. The van der Waals surface area contributed by atoms with Crippen molar-refractivity contribution in [1.29, 1.82) is 0 Å². The molecule has 2 heterocycles. The third-order valence-corrected chi connectivity index (χ3v) is 4.95. The Hall–Kier alpha value is -2.45. The zero-order chi connectivity index (χ0) is 19.3. The lowest BCUT2D eigenvalue weighted by Crippen LogP contribution is -2.24. The Morgan fingerprint density at radius 2 is 1.81 bits per heavy atom. The molecule has 0 atom stereocenters. The summed E-state index contributed by atoms with van der Waals surface area (Å²) in [5.74, 6) is 0. The molecule has 0 aliphatic rings. The van der Waals surface area contributed by atoms with Gasteiger partial charge in [0, 0.05) is 36.9 Å². The van der Waals surface area contributed by atoms with E-state index in [1.165, 1.54) is 6.07 Å². The maximum atomic E-state index is 13.5. The number of nitrogens with zero attached hydrogens (tertiary/aromatic N) is 1. The molecule has 0 unspecified atom stereocenters. The van der Waals surface area contributed by atoms with Gasteiger partial charge in [0.1, 0.15) is 0 Å². The minimum atomic E-state index is -4.83. The second kappa shape index (κ2) is 6.31. The van der Waals surface area contributed by atoms with Crippen LogP contribution >= 0.6 is 27.5 Å². The highest BCUT2D eigenvalue weighted by Gasteiger charge is 2.41. The van der Waals surface area contributed by atoms with Crippen LogP contribution in [0.15, 0.2) is 52.1 Å². The van der Waals surface area contributed by atoms with Crippen LogP contribution in [0.5, 0.6) is 0 Å². The van der Waals surface area contributed by atoms with Crippen LogP contribution in [-0.4, -0.2) is 27.1 Å². The van der Waals surface area contributed by atoms with Crippen LogP contribution < -0.4 is 0 Å². The Morgan fingerprint density at radius 1 is 1.04 bits per heavy atom. The van der Waals surface area contributed by atoms with Gasteiger partial charge in [-0.1, -0.05) is 38.8 Å². The number of aromatic nitrogens is 2. The fraction of sp³-hybridized carbons (Fsp3) is 0.0556. The molecule has 0 aliphatic heterocycles. The van der Waals surface area contributed by atoms with Crippen LogP contribution in [0.4, 0.5) is 13.2 Å². The van der Waals surface area contributed by atoms with E-state index in [2.05, 4.69) is 31.1 Å². The van der Waals surface area contributed by atoms with Crippen LogP contribution in [0.1, 0.15) is 5.56 Å². The van der Waals surface area contributed by atoms with Gasteiger partial charge in [-0.15, -0.1) is 0 Å². The highest BCUT2D eigenvalue weighted by molar-refractivity contribution is 9.10. The second-order valence-corrected chi connectivity index (χ2v) is 7.28. The predicted octanol–water partition coefficient (Wildman–Crippen LogP) is 6.47. The van der Waals surface area contributed by atoms with Gasteiger partial charge in [0.15, 0.2) is 5.71 Å². The van der Waals surface area contributed by atoms with Gasteiger partial charge in [0.05, 0.1) is 11.4 Å². The zero-order valence-corrected chi connectivity index (χ0v) is 15.7. The molecular formula is C18H10BrClF3N3O. The summed E-state index contributed by atoms with van der Waals surface area (Å²) in [6, 6.07) is 11.6. The SMILES string of the molecule is O/N=C(/c1c(-c2cc3cc(Cl)ccc3[nH]2)[nH]c2cc(Br)ccc12)C(F)(F)F. The van der Waals surface area contributed by atoms with Gasteiger partial charge in [-0.25, -0.2) is 0 Å². The van der Waals surface area contributed by atoms with Gasteiger partial charge in [0.2, 0.25) is 0 Å². The van der Waals surface area contributed by atoms with Crippen molar-refractivity contribution in [2.75, 3.05) is 0 Å². The first-order valence-corrected chi connectivity index (χ1v) is 8.84. The maximum Gasteiger partial charge on any atom is 0.437 e. The number of benzene rings is 2. The zero-order valence-electron chi connectivity index (χ0n) is 13.3. The van der Waals surface area contributed by atoms with Crippen molar-refractivity contribution in [1.82, 2.24) is 9.97 Å². The molecular weight excluding hydrogens is 447 g/mol. The molecule has 0 aliphatic carbocycles. The Balaban J connectivity index is 2.05. The highest BCUT2D eigenvalue weighted by Crippen LogP contribution is 2.37. The number of oxime groups is 1. The highest BCUT2D eigenvalue weighted by atomic mass is 79.9. The third-order valence-electron chi connectivity index (χ3n) is 4.22. The van der Waals surface area contributed by atoms with E-state index in [1.807, 2.05) is 0 Å². The number of aromatic amines is 2. The van der Waals surface area contributed by atoms with E-state index >= 15 is 0 Å². The van der Waals surface area contributed by atoms with Gasteiger partial charge in [-0.2, -0.15) is 13.2 Å². The molecule has 138 valence electrons. The van der Waals surface area contributed by atoms with Gasteiger partial charge >= 0.3 is 6.18 Å². The van der Waals surface area contributed by atoms with Crippen molar-refractivity contribution in [3.05, 3.63) is 57.5 Å². The van der Waals surface area contributed by atoms with Crippen LogP contribution in [0.25, 0.3) is 33.2 Å². The van der Waals surface area contributed by atoms with E-state index in [-0.39, 0.29) is 16.6 Å². The minimum absolute atomic E-state index is 0.167. The molecule has 0 saturated carbocycles. The average Bonchev–Trinajstić information content (AvgIpc) is 3.15. The van der Waals surface area contributed by atoms with Crippen molar-refractivity contribution in [2.45, 2.75) is 6.18 Å². The fourth-order valence-electron chi connectivity index (χ4n) is 3.10. The molecule has 4 rings (SSSR count). The Morgan fingerprint density at radius 3 is 2.52 bits per heavy atom. The maximum absolute atomic E-state index is 13.5. The first kappa shape index (κ1) is 17.9. The number of nitrogens with one attached hydrogen (secondary N) is 2. The normalized spacial score (nSPS) is 13.0. The fourth-order valence-corrected chi connectivity index (χ4v) is 3.65. The number of rotatable bonds is 2. The lowest BCUT2D eigenvalue weighted by atomic mass is 10.0. The van der Waals surface area contributed by atoms with Crippen molar-refractivity contribution < 1.29 is 18.4 Å². The summed E-state index contributed by atoms with van der Waals surface area (Å²) in [4.78, 5) is 6.08. The molecule has 0 bridgehead atoms. The van der Waals surface area contributed by atoms with E-state index in [0.717, 1.165) is 10.9 Å². The van der Waals surface area contributed by atoms with E-state index < -0.39 is 11.9 Å². The molecule has 2 aromatic carbocycles. The predicted molar refractivity (Wildman–Crippen MR) is 103 cm³/mol. The van der Waals surface area contributed by atoms with E-state index in [1.54, 1.807) is 36.4 Å². The van der Waals surface area contributed by atoms with Crippen molar-refractivity contribution >= 4 is 55.0 Å². The quantitative estimate of drug-likeness (QED) is 0.181. The number of hydrogen-bond acceptors (Lipinski definition) is 2. The monoisotopic (exact) mass is 455 g/mol. The van der Waals surface area contributed by atoms with E-state index in [9.17, 15) is 13.2 Å². The number of H-pyrrole nitrogens is 2. The van der Waals surface area contributed by atoms with Gasteiger partial charge in [0.25, 0.3) is 0 Å². The van der Waals surface area contributed by atoms with Gasteiger partial charge in [-0.3, -0.25) is 0 Å². The Bertz CT molecular complexity index is 1210. The van der Waals surface area contributed by atoms with Gasteiger partial charge in [-0.05, 0) is 36.4 Å². The topological polar surface area (TPSA) is 64.2 Å². The van der Waals surface area contributed by atoms with Gasteiger partial charge < -0.3 is 15.2 Å². The molecule has 0 radical (unpaired) electrons. The van der Waals surface area contributed by atoms with E-state index in [0.29, 0.717) is 20.7 Å². The molecule has 3 N–H and O–H groups in total. The van der Waals surface area contributed by atoms with Crippen LogP contribution in [0, 0.1) is 0 Å². The standard InChI is InChI=1S/C18H10BrClF3N3O/c19-9-1-3-11-13(7-9)25-16(15(11)17(26-27)18(21,22)23)14-6-8-5-10(20)2-4-12(8)24-14/h1-7,24-25,27H/b26-17-. The summed E-state index contributed by atoms with van der Waals surface area (Å²) >= 11 is 9.30. The molecule has 4 aromatic rings. The molecule has 27 heavy (non-hydrogen) atoms. The molecule has 0 saturated heterocycles. The Labute approximate surface area is 163 Å². The molecule has 0 spiro atoms. The third kappa shape index (κ3) is 3.08. The molecule has 2 aromatic heterocycles. The molecule has 9 heteroatoms. The minimum Gasteiger partial charge on any atom is -0.410 e. The van der Waals surface area contributed by atoms with E-state index in [4.69, 9.17) is 16.8 Å². The smallest absolute Gasteiger partial charge is 0.410 e. The number of halogens is 5. The average molecular weight is 457 g/mol. The number of fused-ring (bicyclic) bond motifs is 2. The largest absolute Gasteiger partial charge is 0.437 e. The summed E-state index contributed by atoms with van der Waals surface area (Å²) in [5.41, 5.74) is 0.166. The lowest BCUT2D eigenvalue weighted by molar-refractivity contribution is -0.0600. The molecule has 0 amide bonds.